The van der Waals surface area contributed by atoms with Crippen LogP contribution in [-0.2, 0) is 19.8 Å². The first-order valence-corrected chi connectivity index (χ1v) is 10.5. The fourth-order valence-electron chi connectivity index (χ4n) is 2.51. The minimum Gasteiger partial charge on any atom is -0.492 e. The molecule has 2 aromatic rings. The standard InChI is InChI=1S/C17H19N5O9S/c1-2-3-4-5-14(25)30-20-17(26)10-6-7-11(19-21-18)16(32(27,28)29)15(10)31-22-12(23)8-9-13(22)24/h6-9,23-24H,2-5H2,1H3,(H,20,26)(H,27,28,29). The van der Waals surface area contributed by atoms with Gasteiger partial charge >= 0.3 is 5.97 Å². The molecule has 0 atom stereocenters. The maximum absolute atomic E-state index is 12.6. The lowest BCUT2D eigenvalue weighted by atomic mass is 10.1. The molecule has 1 heterocycles. The molecule has 0 radical (unpaired) electrons. The van der Waals surface area contributed by atoms with Crippen LogP contribution in [0, 0.1) is 0 Å². The zero-order valence-electron chi connectivity index (χ0n) is 16.6. The normalized spacial score (nSPS) is 10.8. The van der Waals surface area contributed by atoms with Crippen LogP contribution in [0.25, 0.3) is 10.4 Å². The van der Waals surface area contributed by atoms with Crippen molar-refractivity contribution in [2.24, 2.45) is 5.11 Å². The summed E-state index contributed by atoms with van der Waals surface area (Å²) in [6.45, 7) is 1.93. The number of carbonyl (C=O) groups excluding carboxylic acids is 2. The molecule has 0 fully saturated rings. The Morgan fingerprint density at radius 1 is 1.19 bits per heavy atom. The number of carbonyl (C=O) groups is 2. The SMILES string of the molecule is CCCCCC(=O)ONC(=O)c1ccc(N=[N+]=[N-])c(S(=O)(=O)O)c1On1c(O)ccc1O. The Labute approximate surface area is 181 Å². The van der Waals surface area contributed by atoms with Crippen molar-refractivity contribution in [3.05, 3.63) is 40.3 Å². The molecule has 0 aliphatic rings. The average molecular weight is 469 g/mol. The number of azide groups is 1. The van der Waals surface area contributed by atoms with Gasteiger partial charge in [-0.2, -0.15) is 13.9 Å². The molecule has 0 bridgehead atoms. The molecule has 172 valence electrons. The number of aromatic hydroxyl groups is 2. The van der Waals surface area contributed by atoms with Gasteiger partial charge in [-0.25, -0.2) is 4.79 Å². The third-order valence-corrected chi connectivity index (χ3v) is 4.88. The Bertz CT molecular complexity index is 1150. The predicted octanol–water partition coefficient (Wildman–Crippen LogP) is 2.70. The summed E-state index contributed by atoms with van der Waals surface area (Å²) in [7, 11) is -5.17. The molecule has 0 aliphatic heterocycles. The van der Waals surface area contributed by atoms with Gasteiger partial charge < -0.3 is 19.9 Å². The maximum Gasteiger partial charge on any atom is 0.332 e. The van der Waals surface area contributed by atoms with E-state index in [0.717, 1.165) is 37.1 Å². The Morgan fingerprint density at radius 3 is 2.41 bits per heavy atom. The molecule has 0 aliphatic carbocycles. The first-order chi connectivity index (χ1) is 15.1. The van der Waals surface area contributed by atoms with E-state index in [9.17, 15) is 32.8 Å². The molecule has 1 aromatic heterocycles. The number of benzene rings is 1. The van der Waals surface area contributed by atoms with Gasteiger partial charge in [-0.15, -0.1) is 4.73 Å². The van der Waals surface area contributed by atoms with Crippen molar-refractivity contribution < 1.29 is 42.4 Å². The van der Waals surface area contributed by atoms with Gasteiger partial charge in [0.25, 0.3) is 16.0 Å². The van der Waals surface area contributed by atoms with Gasteiger partial charge in [0.15, 0.2) is 5.75 Å². The zero-order chi connectivity index (χ0) is 23.9. The Hall–Kier alpha value is -3.94. The van der Waals surface area contributed by atoms with Crippen molar-refractivity contribution in [3.8, 4) is 17.5 Å². The van der Waals surface area contributed by atoms with Gasteiger partial charge in [0.1, 0.15) is 4.90 Å². The Morgan fingerprint density at radius 2 is 1.84 bits per heavy atom. The molecule has 0 saturated heterocycles. The minimum absolute atomic E-state index is 0.0225. The highest BCUT2D eigenvalue weighted by molar-refractivity contribution is 7.86. The van der Waals surface area contributed by atoms with E-state index in [1.165, 1.54) is 0 Å². The van der Waals surface area contributed by atoms with Gasteiger partial charge in [-0.1, -0.05) is 30.9 Å². The second-order valence-electron chi connectivity index (χ2n) is 6.25. The number of unbranched alkanes of at least 4 members (excludes halogenated alkanes) is 2. The lowest BCUT2D eigenvalue weighted by Crippen LogP contribution is -2.28. The number of rotatable bonds is 9. The van der Waals surface area contributed by atoms with Crippen LogP contribution in [0.3, 0.4) is 0 Å². The van der Waals surface area contributed by atoms with E-state index in [-0.39, 0.29) is 6.42 Å². The summed E-state index contributed by atoms with van der Waals surface area (Å²) in [6, 6.07) is 3.81. The van der Waals surface area contributed by atoms with E-state index < -0.39 is 55.7 Å². The molecular weight excluding hydrogens is 450 g/mol. The van der Waals surface area contributed by atoms with Gasteiger partial charge in [0, 0.05) is 23.5 Å². The maximum atomic E-state index is 12.6. The summed E-state index contributed by atoms with van der Waals surface area (Å²) in [6.07, 6.45) is 2.17. The molecule has 0 saturated carbocycles. The summed E-state index contributed by atoms with van der Waals surface area (Å²) in [5.41, 5.74) is 9.24. The van der Waals surface area contributed by atoms with Crippen molar-refractivity contribution in [3.63, 3.8) is 0 Å². The third-order valence-electron chi connectivity index (χ3n) is 3.97. The van der Waals surface area contributed by atoms with Crippen LogP contribution < -0.4 is 10.3 Å². The highest BCUT2D eigenvalue weighted by atomic mass is 32.2. The number of aromatic nitrogens is 1. The number of hydrogen-bond donors (Lipinski definition) is 4. The third kappa shape index (κ3) is 5.81. The quantitative estimate of drug-likeness (QED) is 0.106. The number of nitrogens with zero attached hydrogens (tertiary/aromatic N) is 4. The van der Waals surface area contributed by atoms with Gasteiger partial charge in [-0.3, -0.25) is 9.35 Å². The second-order valence-corrected chi connectivity index (χ2v) is 7.61. The fourth-order valence-corrected chi connectivity index (χ4v) is 3.27. The number of nitrogens with one attached hydrogen (secondary N) is 1. The van der Waals surface area contributed by atoms with Crippen molar-refractivity contribution >= 4 is 27.7 Å². The lowest BCUT2D eigenvalue weighted by Gasteiger charge is -2.16. The lowest BCUT2D eigenvalue weighted by molar-refractivity contribution is -0.149. The number of hydrogen-bond acceptors (Lipinski definition) is 9. The van der Waals surface area contributed by atoms with E-state index in [1.807, 2.05) is 12.4 Å². The van der Waals surface area contributed by atoms with E-state index in [1.54, 1.807) is 0 Å². The fraction of sp³-hybridized carbons (Fsp3) is 0.294. The summed E-state index contributed by atoms with van der Waals surface area (Å²) < 4.78 is 33.9. The topological polar surface area (TPSA) is 213 Å². The summed E-state index contributed by atoms with van der Waals surface area (Å²) in [5, 5.41) is 22.7. The van der Waals surface area contributed by atoms with Crippen LogP contribution in [-0.4, -0.2) is 39.8 Å². The van der Waals surface area contributed by atoms with Gasteiger partial charge in [0.05, 0.1) is 11.3 Å². The van der Waals surface area contributed by atoms with E-state index in [4.69, 9.17) is 10.4 Å². The van der Waals surface area contributed by atoms with Crippen molar-refractivity contribution in [1.29, 1.82) is 0 Å². The summed E-state index contributed by atoms with van der Waals surface area (Å²) >= 11 is 0. The van der Waals surface area contributed by atoms with Gasteiger partial charge in [0.2, 0.25) is 11.8 Å². The number of amides is 1. The highest BCUT2D eigenvalue weighted by Gasteiger charge is 2.29. The first kappa shape index (κ1) is 24.3. The summed E-state index contributed by atoms with van der Waals surface area (Å²) in [4.78, 5) is 35.4. The molecule has 1 aromatic carbocycles. The van der Waals surface area contributed by atoms with Crippen LogP contribution in [0.5, 0.6) is 17.5 Å². The molecule has 4 N–H and O–H groups in total. The van der Waals surface area contributed by atoms with Crippen LogP contribution in [0.1, 0.15) is 43.0 Å². The summed E-state index contributed by atoms with van der Waals surface area (Å²) in [5.74, 6) is -4.26. The first-order valence-electron chi connectivity index (χ1n) is 9.07. The Kier molecular flexibility index (Phi) is 7.90. The molecule has 15 heteroatoms. The van der Waals surface area contributed by atoms with E-state index in [0.29, 0.717) is 11.2 Å². The molecule has 0 spiro atoms. The van der Waals surface area contributed by atoms with E-state index in [2.05, 4.69) is 14.9 Å². The molecule has 2 rings (SSSR count). The molecule has 14 nitrogen and oxygen atoms in total. The van der Waals surface area contributed by atoms with Crippen LogP contribution in [0.15, 0.2) is 34.3 Å². The van der Waals surface area contributed by atoms with Crippen molar-refractivity contribution in [2.75, 3.05) is 0 Å². The molecular formula is C17H19N5O9S. The van der Waals surface area contributed by atoms with E-state index >= 15 is 0 Å². The molecule has 1 amide bonds. The second kappa shape index (κ2) is 10.4. The zero-order valence-corrected chi connectivity index (χ0v) is 17.4. The smallest absolute Gasteiger partial charge is 0.332 e. The minimum atomic E-state index is -5.17. The number of hydroxylamine groups is 1. The highest BCUT2D eigenvalue weighted by Crippen LogP contribution is 2.38. The van der Waals surface area contributed by atoms with Crippen molar-refractivity contribution in [2.45, 2.75) is 37.5 Å². The van der Waals surface area contributed by atoms with Gasteiger partial charge in [-0.05, 0) is 18.0 Å². The molecule has 0 unspecified atom stereocenters. The predicted molar refractivity (Wildman–Crippen MR) is 107 cm³/mol. The van der Waals surface area contributed by atoms with Crippen LogP contribution >= 0.6 is 0 Å². The molecule has 32 heavy (non-hydrogen) atoms. The van der Waals surface area contributed by atoms with Crippen LogP contribution in [0.4, 0.5) is 5.69 Å². The monoisotopic (exact) mass is 469 g/mol. The van der Waals surface area contributed by atoms with Crippen LogP contribution in [0.2, 0.25) is 0 Å². The van der Waals surface area contributed by atoms with Crippen molar-refractivity contribution in [1.82, 2.24) is 10.2 Å². The Balaban J connectivity index is 2.51. The largest absolute Gasteiger partial charge is 0.492 e. The average Bonchev–Trinajstić information content (AvgIpc) is 3.03.